The number of aromatic nitrogens is 2. The molecule has 7 rings (SSSR count). The molecule has 0 saturated carbocycles. The van der Waals surface area contributed by atoms with E-state index in [-0.39, 0.29) is 48.3 Å². The molecule has 0 spiro atoms. The average molecular weight is 824 g/mol. The molecule has 0 radical (unpaired) electrons. The Kier molecular flexibility index (Phi) is 11.1. The first kappa shape index (κ1) is 40.1. The lowest BCUT2D eigenvalue weighted by Crippen LogP contribution is -2.54. The Morgan fingerprint density at radius 1 is 0.983 bits per heavy atom. The van der Waals surface area contributed by atoms with Crippen LogP contribution in [0.25, 0.3) is 0 Å². The van der Waals surface area contributed by atoms with Crippen LogP contribution in [0.3, 0.4) is 0 Å². The molecule has 58 heavy (non-hydrogen) atoms. The summed E-state index contributed by atoms with van der Waals surface area (Å²) in [5.74, 6) is -2.66. The minimum atomic E-state index is -4.76. The van der Waals surface area contributed by atoms with Gasteiger partial charge in [-0.1, -0.05) is 12.1 Å². The molecule has 2 atom stereocenters. The van der Waals surface area contributed by atoms with Gasteiger partial charge in [0.25, 0.3) is 11.8 Å². The highest BCUT2D eigenvalue weighted by Crippen LogP contribution is 2.35. The Balaban J connectivity index is 0.916. The second-order valence-corrected chi connectivity index (χ2v) is 16.2. The van der Waals surface area contributed by atoms with Gasteiger partial charge >= 0.3 is 6.18 Å². The summed E-state index contributed by atoms with van der Waals surface area (Å²) in [6.07, 6.45) is 1.48. The van der Waals surface area contributed by atoms with Crippen LogP contribution in [0.4, 0.5) is 36.3 Å². The van der Waals surface area contributed by atoms with E-state index in [0.29, 0.717) is 31.5 Å². The van der Waals surface area contributed by atoms with Gasteiger partial charge in [0.15, 0.2) is 0 Å². The second-order valence-electron chi connectivity index (χ2n) is 14.2. The van der Waals surface area contributed by atoms with E-state index < -0.39 is 63.3 Å². The predicted molar refractivity (Wildman–Crippen MR) is 207 cm³/mol. The molecule has 5 N–H and O–H groups in total. The van der Waals surface area contributed by atoms with Gasteiger partial charge in [0.2, 0.25) is 27.8 Å². The number of halogens is 3. The molecular formula is C37H40F3N11O6S. The lowest BCUT2D eigenvalue weighted by atomic mass is 10.0. The van der Waals surface area contributed by atoms with Crippen LogP contribution in [-0.4, -0.2) is 108 Å². The second kappa shape index (κ2) is 16.0. The molecular weight excluding hydrogens is 784 g/mol. The quantitative estimate of drug-likeness (QED) is 0.176. The highest BCUT2D eigenvalue weighted by molar-refractivity contribution is 7.88. The molecule has 0 bridgehead atoms. The number of hydrogen-bond acceptors (Lipinski definition) is 14. The van der Waals surface area contributed by atoms with E-state index in [1.54, 1.807) is 30.3 Å². The largest absolute Gasteiger partial charge is 0.421 e. The molecule has 2 aromatic carbocycles. The van der Waals surface area contributed by atoms with Gasteiger partial charge in [-0.3, -0.25) is 33.7 Å². The number of alkyl halides is 3. The number of sulfonamides is 1. The van der Waals surface area contributed by atoms with Crippen molar-refractivity contribution in [2.24, 2.45) is 4.99 Å². The van der Waals surface area contributed by atoms with Crippen molar-refractivity contribution < 1.29 is 40.8 Å². The zero-order chi connectivity index (χ0) is 41.4. The molecule has 2 fully saturated rings. The first-order valence-corrected chi connectivity index (χ1v) is 20.2. The van der Waals surface area contributed by atoms with E-state index in [9.17, 15) is 40.8 Å². The van der Waals surface area contributed by atoms with Gasteiger partial charge in [-0.05, 0) is 55.2 Å². The topological polar surface area (TPSA) is 210 Å². The Morgan fingerprint density at radius 3 is 2.40 bits per heavy atom. The van der Waals surface area contributed by atoms with Crippen molar-refractivity contribution in [3.63, 3.8) is 0 Å². The maximum Gasteiger partial charge on any atom is 0.421 e. The van der Waals surface area contributed by atoms with Crippen molar-refractivity contribution in [1.82, 2.24) is 35.1 Å². The number of piperidine rings is 2. The molecule has 2 saturated heterocycles. The van der Waals surface area contributed by atoms with Crippen LogP contribution in [0.2, 0.25) is 0 Å². The summed E-state index contributed by atoms with van der Waals surface area (Å²) in [6, 6.07) is 10.8. The number of hydrogen-bond donors (Lipinski definition) is 5. The fourth-order valence-electron chi connectivity index (χ4n) is 7.14. The Hall–Kier alpha value is -6.09. The predicted octanol–water partition coefficient (Wildman–Crippen LogP) is 2.54. The van der Waals surface area contributed by atoms with Crippen LogP contribution in [0.5, 0.6) is 0 Å². The van der Waals surface area contributed by atoms with Crippen molar-refractivity contribution >= 4 is 62.6 Å². The van der Waals surface area contributed by atoms with Crippen molar-refractivity contribution in [1.29, 1.82) is 0 Å². The number of amidine groups is 1. The van der Waals surface area contributed by atoms with Gasteiger partial charge < -0.3 is 26.2 Å². The fourth-order valence-corrected chi connectivity index (χ4v) is 7.65. The number of likely N-dealkylation sites (N-methyl/N-ethyl adjacent to an activating group) is 1. The molecule has 3 aromatic rings. The molecule has 2 unspecified atom stereocenters. The highest BCUT2D eigenvalue weighted by atomic mass is 32.2. The molecule has 21 heteroatoms. The number of amides is 4. The van der Waals surface area contributed by atoms with E-state index in [1.165, 1.54) is 19.4 Å². The van der Waals surface area contributed by atoms with Gasteiger partial charge in [-0.25, -0.2) is 18.4 Å². The third-order valence-electron chi connectivity index (χ3n) is 10.4. The standard InChI is InChI=1S/C37H40F3N11O6S/c1-49(58(2,56)57)32-28(41-13-14-42-32)20-44-31-27(37(38,39)40)19-45-36(48-31)46-23-5-3-21(4-6-23)18-43-22-11-15-50(16-12-22)24-7-8-25-26(17-24)35(55)51(34(25)54)29-9-10-30(52)47-33(29)53/h3-8,13-14,17,19,22,28-29,41,43H,9-12,15-16,18,20H2,1-2H3,(H,47,52,53)(H2,44,45,46,48). The summed E-state index contributed by atoms with van der Waals surface area (Å²) in [4.78, 5) is 65.5. The van der Waals surface area contributed by atoms with Crippen LogP contribution in [0.1, 0.15) is 57.5 Å². The Bertz CT molecular complexity index is 2300. The SMILES string of the molecule is CN(C1=NC=CNC1CNc1nc(Nc2ccc(CNC3CCN(c4ccc5c(c4)C(=O)N(C4CCC(=O)NC4=O)C5=O)CC3)cc2)ncc1C(F)(F)F)S(C)(=O)=O. The number of fused-ring (bicyclic) bond motifs is 1. The van der Waals surface area contributed by atoms with Crippen molar-refractivity contribution in [3.8, 4) is 0 Å². The van der Waals surface area contributed by atoms with Gasteiger partial charge in [0.05, 0.1) is 17.4 Å². The maximum absolute atomic E-state index is 13.9. The van der Waals surface area contributed by atoms with Gasteiger partial charge in [-0.2, -0.15) is 18.2 Å². The minimum Gasteiger partial charge on any atom is -0.378 e. The van der Waals surface area contributed by atoms with Crippen LogP contribution in [0, 0.1) is 0 Å². The summed E-state index contributed by atoms with van der Waals surface area (Å²) in [5.41, 5.74) is 1.69. The van der Waals surface area contributed by atoms with Crippen molar-refractivity contribution in [2.75, 3.05) is 48.5 Å². The molecule has 4 amide bonds. The van der Waals surface area contributed by atoms with E-state index in [2.05, 4.69) is 46.4 Å². The number of nitrogens with zero attached hydrogens (tertiary/aromatic N) is 6. The number of nitrogens with one attached hydrogen (secondary N) is 5. The van der Waals surface area contributed by atoms with E-state index >= 15 is 0 Å². The number of carbonyl (C=O) groups is 4. The number of aliphatic imine (C=N–C) groups is 1. The van der Waals surface area contributed by atoms with Gasteiger partial charge in [-0.15, -0.1) is 0 Å². The highest BCUT2D eigenvalue weighted by Gasteiger charge is 2.45. The Labute approximate surface area is 331 Å². The molecule has 306 valence electrons. The van der Waals surface area contributed by atoms with Gasteiger partial charge in [0.1, 0.15) is 29.3 Å². The number of rotatable bonds is 11. The summed E-state index contributed by atoms with van der Waals surface area (Å²) >= 11 is 0. The summed E-state index contributed by atoms with van der Waals surface area (Å²) in [5, 5.41) is 14.3. The maximum atomic E-state index is 13.9. The van der Waals surface area contributed by atoms with E-state index in [0.717, 1.165) is 39.6 Å². The molecule has 5 heterocycles. The first-order valence-electron chi connectivity index (χ1n) is 18.4. The van der Waals surface area contributed by atoms with Crippen LogP contribution < -0.4 is 31.5 Å². The molecule has 17 nitrogen and oxygen atoms in total. The summed E-state index contributed by atoms with van der Waals surface area (Å²) in [7, 11) is -2.37. The molecule has 4 aliphatic heterocycles. The number of benzene rings is 2. The molecule has 4 aliphatic rings. The zero-order valence-electron chi connectivity index (χ0n) is 31.3. The number of carbonyl (C=O) groups excluding carboxylic acids is 4. The van der Waals surface area contributed by atoms with Gasteiger partial charge in [0, 0.05) is 75.7 Å². The summed E-state index contributed by atoms with van der Waals surface area (Å²) < 4.78 is 66.9. The fraction of sp³-hybridized carbons (Fsp3) is 0.378. The first-order chi connectivity index (χ1) is 27.6. The van der Waals surface area contributed by atoms with Crippen molar-refractivity contribution in [2.45, 2.75) is 56.5 Å². The zero-order valence-corrected chi connectivity index (χ0v) is 32.2. The summed E-state index contributed by atoms with van der Waals surface area (Å²) in [6.45, 7) is 1.78. The van der Waals surface area contributed by atoms with Crippen LogP contribution >= 0.6 is 0 Å². The Morgan fingerprint density at radius 2 is 1.71 bits per heavy atom. The van der Waals surface area contributed by atoms with Crippen LogP contribution in [0.15, 0.2) is 66.1 Å². The lowest BCUT2D eigenvalue weighted by Gasteiger charge is -2.34. The van der Waals surface area contributed by atoms with E-state index in [1.807, 2.05) is 12.1 Å². The lowest BCUT2D eigenvalue weighted by molar-refractivity contribution is -0.138. The smallest absolute Gasteiger partial charge is 0.378 e. The minimum absolute atomic E-state index is 0.0510. The molecule has 0 aliphatic carbocycles. The van der Waals surface area contributed by atoms with Crippen LogP contribution in [-0.2, 0) is 32.3 Å². The van der Waals surface area contributed by atoms with E-state index in [4.69, 9.17) is 0 Å². The third kappa shape index (κ3) is 8.59. The number of anilines is 4. The third-order valence-corrected chi connectivity index (χ3v) is 11.5. The number of imide groups is 2. The molecule has 1 aromatic heterocycles. The van der Waals surface area contributed by atoms with Crippen molar-refractivity contribution in [3.05, 3.63) is 83.3 Å². The monoisotopic (exact) mass is 823 g/mol. The normalized spacial score (nSPS) is 20.1. The average Bonchev–Trinajstić information content (AvgIpc) is 3.44.